The normalized spacial score (nSPS) is 18.5. The van der Waals surface area contributed by atoms with Crippen LogP contribution in [0.5, 0.6) is 0 Å². The fraction of sp³-hybridized carbons (Fsp3) is 0.688. The van der Waals surface area contributed by atoms with Crippen LogP contribution >= 0.6 is 0 Å². The predicted octanol–water partition coefficient (Wildman–Crippen LogP) is 2.09. The maximum atomic E-state index is 12.9. The minimum Gasteiger partial charge on any atom is -0.396 e. The second-order valence-corrected chi connectivity index (χ2v) is 6.06. The molecule has 0 radical (unpaired) electrons. The average Bonchev–Trinajstić information content (AvgIpc) is 2.42. The van der Waals surface area contributed by atoms with Crippen molar-refractivity contribution in [3.8, 4) is 0 Å². The third-order valence-electron chi connectivity index (χ3n) is 4.42. The van der Waals surface area contributed by atoms with Crippen molar-refractivity contribution in [1.82, 2.24) is 9.88 Å². The Morgan fingerprint density at radius 3 is 2.76 bits per heavy atom. The summed E-state index contributed by atoms with van der Waals surface area (Å²) in [6.07, 6.45) is 5.79. The van der Waals surface area contributed by atoms with Crippen molar-refractivity contribution in [3.05, 3.63) is 29.8 Å². The van der Waals surface area contributed by atoms with Gasteiger partial charge in [-0.1, -0.05) is 13.3 Å². The molecule has 0 spiro atoms. The zero-order chi connectivity index (χ0) is 15.2. The lowest BCUT2D eigenvalue weighted by Gasteiger charge is -2.39. The molecule has 2 rings (SSSR count). The van der Waals surface area contributed by atoms with Gasteiger partial charge in [-0.15, -0.1) is 0 Å². The first-order valence-electron chi connectivity index (χ1n) is 7.83. The van der Waals surface area contributed by atoms with E-state index in [0.717, 1.165) is 25.2 Å². The number of pyridine rings is 1. The summed E-state index contributed by atoms with van der Waals surface area (Å²) in [6.45, 7) is 4.14. The Morgan fingerprint density at radius 2 is 2.24 bits per heavy atom. The standard InChI is InChI=1S/C16H26FN3O/c1-12(16(18)15-7-6-13(17)10-19-15)11-20(8-3-9-21)14-4-2-5-14/h6-7,10,12,14,16,21H,2-5,8-9,11,18H2,1H3. The van der Waals surface area contributed by atoms with Crippen molar-refractivity contribution in [3.63, 3.8) is 0 Å². The zero-order valence-corrected chi connectivity index (χ0v) is 12.7. The molecule has 1 aliphatic rings. The van der Waals surface area contributed by atoms with E-state index in [1.165, 1.54) is 31.5 Å². The van der Waals surface area contributed by atoms with Crippen molar-refractivity contribution in [2.45, 2.75) is 44.7 Å². The Labute approximate surface area is 126 Å². The molecule has 0 aliphatic heterocycles. The summed E-state index contributed by atoms with van der Waals surface area (Å²) < 4.78 is 12.9. The van der Waals surface area contributed by atoms with Crippen LogP contribution in [0.2, 0.25) is 0 Å². The molecule has 0 aromatic carbocycles. The SMILES string of the molecule is CC(CN(CCCO)C1CCC1)C(N)c1ccc(F)cn1. The summed E-state index contributed by atoms with van der Waals surface area (Å²) in [4.78, 5) is 6.53. The largest absolute Gasteiger partial charge is 0.396 e. The van der Waals surface area contributed by atoms with E-state index in [-0.39, 0.29) is 24.4 Å². The van der Waals surface area contributed by atoms with Crippen LogP contribution in [0.15, 0.2) is 18.3 Å². The van der Waals surface area contributed by atoms with Crippen LogP contribution in [0.3, 0.4) is 0 Å². The Hall–Kier alpha value is -1.04. The minimum atomic E-state index is -0.336. The van der Waals surface area contributed by atoms with Gasteiger partial charge in [0.05, 0.1) is 17.9 Å². The first-order valence-corrected chi connectivity index (χ1v) is 7.83. The van der Waals surface area contributed by atoms with Crippen molar-refractivity contribution in [2.24, 2.45) is 11.7 Å². The van der Waals surface area contributed by atoms with Crippen LogP contribution < -0.4 is 5.73 Å². The number of aliphatic hydroxyl groups excluding tert-OH is 1. The van der Waals surface area contributed by atoms with Gasteiger partial charge in [0.1, 0.15) is 5.82 Å². The maximum Gasteiger partial charge on any atom is 0.141 e. The minimum absolute atomic E-state index is 0.192. The summed E-state index contributed by atoms with van der Waals surface area (Å²) in [5, 5.41) is 9.04. The first kappa shape index (κ1) is 16.3. The summed E-state index contributed by atoms with van der Waals surface area (Å²) in [6, 6.07) is 3.51. The molecular formula is C16H26FN3O. The fourth-order valence-electron chi connectivity index (χ4n) is 2.81. The van der Waals surface area contributed by atoms with Crippen LogP contribution in [-0.4, -0.2) is 40.7 Å². The van der Waals surface area contributed by atoms with E-state index in [0.29, 0.717) is 6.04 Å². The zero-order valence-electron chi connectivity index (χ0n) is 12.7. The molecule has 1 fully saturated rings. The monoisotopic (exact) mass is 295 g/mol. The number of hydrogen-bond donors (Lipinski definition) is 2. The number of halogens is 1. The van der Waals surface area contributed by atoms with Gasteiger partial charge in [0.2, 0.25) is 0 Å². The molecule has 2 unspecified atom stereocenters. The highest BCUT2D eigenvalue weighted by Crippen LogP contribution is 2.27. The molecule has 1 aliphatic carbocycles. The molecule has 1 heterocycles. The van der Waals surface area contributed by atoms with Gasteiger partial charge in [-0.25, -0.2) is 4.39 Å². The number of rotatable bonds is 8. The van der Waals surface area contributed by atoms with Gasteiger partial charge in [0.25, 0.3) is 0 Å². The van der Waals surface area contributed by atoms with E-state index in [9.17, 15) is 4.39 Å². The number of aromatic nitrogens is 1. The molecule has 1 aromatic rings. The molecule has 21 heavy (non-hydrogen) atoms. The average molecular weight is 295 g/mol. The fourth-order valence-corrected chi connectivity index (χ4v) is 2.81. The van der Waals surface area contributed by atoms with Crippen LogP contribution in [0.25, 0.3) is 0 Å². The number of nitrogens with zero attached hydrogens (tertiary/aromatic N) is 2. The van der Waals surface area contributed by atoms with E-state index in [2.05, 4.69) is 16.8 Å². The second kappa shape index (κ2) is 7.82. The predicted molar refractivity (Wildman–Crippen MR) is 81.2 cm³/mol. The number of nitrogens with two attached hydrogens (primary N) is 1. The molecule has 0 amide bonds. The van der Waals surface area contributed by atoms with E-state index < -0.39 is 0 Å². The smallest absolute Gasteiger partial charge is 0.141 e. The molecule has 0 bridgehead atoms. The first-order chi connectivity index (χ1) is 10.1. The van der Waals surface area contributed by atoms with E-state index >= 15 is 0 Å². The van der Waals surface area contributed by atoms with Gasteiger partial charge in [0.15, 0.2) is 0 Å². The van der Waals surface area contributed by atoms with Gasteiger partial charge >= 0.3 is 0 Å². The Kier molecular flexibility index (Phi) is 6.08. The topological polar surface area (TPSA) is 62.4 Å². The number of aliphatic hydroxyl groups is 1. The number of hydrogen-bond acceptors (Lipinski definition) is 4. The summed E-state index contributed by atoms with van der Waals surface area (Å²) in [5.41, 5.74) is 7.00. The summed E-state index contributed by atoms with van der Waals surface area (Å²) >= 11 is 0. The third-order valence-corrected chi connectivity index (χ3v) is 4.42. The molecule has 118 valence electrons. The molecule has 4 nitrogen and oxygen atoms in total. The van der Waals surface area contributed by atoms with Crippen LogP contribution in [-0.2, 0) is 0 Å². The van der Waals surface area contributed by atoms with Gasteiger partial charge in [0, 0.05) is 25.7 Å². The van der Waals surface area contributed by atoms with E-state index in [4.69, 9.17) is 10.8 Å². The lowest BCUT2D eigenvalue weighted by molar-refractivity contribution is 0.0958. The molecule has 0 saturated heterocycles. The van der Waals surface area contributed by atoms with Crippen molar-refractivity contribution in [2.75, 3.05) is 19.7 Å². The molecule has 1 aromatic heterocycles. The Balaban J connectivity index is 1.93. The molecular weight excluding hydrogens is 269 g/mol. The highest BCUT2D eigenvalue weighted by atomic mass is 19.1. The van der Waals surface area contributed by atoms with Crippen molar-refractivity contribution in [1.29, 1.82) is 0 Å². The second-order valence-electron chi connectivity index (χ2n) is 6.06. The maximum absolute atomic E-state index is 12.9. The van der Waals surface area contributed by atoms with Crippen molar-refractivity contribution >= 4 is 0 Å². The van der Waals surface area contributed by atoms with Gasteiger partial charge in [-0.3, -0.25) is 9.88 Å². The van der Waals surface area contributed by atoms with Gasteiger partial charge in [-0.2, -0.15) is 0 Å². The molecule has 3 N–H and O–H groups in total. The molecule has 5 heteroatoms. The van der Waals surface area contributed by atoms with Gasteiger partial charge in [-0.05, 0) is 37.3 Å². The van der Waals surface area contributed by atoms with Crippen molar-refractivity contribution < 1.29 is 9.50 Å². The lowest BCUT2D eigenvalue weighted by atomic mass is 9.89. The van der Waals surface area contributed by atoms with Crippen LogP contribution in [0.1, 0.15) is 44.3 Å². The highest BCUT2D eigenvalue weighted by molar-refractivity contribution is 5.10. The summed E-state index contributed by atoms with van der Waals surface area (Å²) in [7, 11) is 0. The Bertz CT molecular complexity index is 422. The van der Waals surface area contributed by atoms with Crippen LogP contribution in [0, 0.1) is 11.7 Å². The van der Waals surface area contributed by atoms with E-state index in [1.54, 1.807) is 6.07 Å². The van der Waals surface area contributed by atoms with E-state index in [1.807, 2.05) is 0 Å². The molecule has 2 atom stereocenters. The third kappa shape index (κ3) is 4.46. The highest BCUT2D eigenvalue weighted by Gasteiger charge is 2.27. The quantitative estimate of drug-likeness (QED) is 0.771. The Morgan fingerprint density at radius 1 is 1.48 bits per heavy atom. The lowest BCUT2D eigenvalue weighted by Crippen LogP contribution is -2.44. The summed E-state index contributed by atoms with van der Waals surface area (Å²) in [5.74, 6) is -0.0973. The molecule has 1 saturated carbocycles. The van der Waals surface area contributed by atoms with Crippen LogP contribution in [0.4, 0.5) is 4.39 Å². The van der Waals surface area contributed by atoms with Gasteiger partial charge < -0.3 is 10.8 Å².